The van der Waals surface area contributed by atoms with Gasteiger partial charge in [0.25, 0.3) is 5.91 Å². The van der Waals surface area contributed by atoms with Crippen LogP contribution in [0.2, 0.25) is 5.02 Å². The maximum atomic E-state index is 12.8. The van der Waals surface area contributed by atoms with Gasteiger partial charge in [-0.25, -0.2) is 9.78 Å². The topological polar surface area (TPSA) is 107 Å². The molecule has 0 atom stereocenters. The van der Waals surface area contributed by atoms with Crippen molar-refractivity contribution in [3.8, 4) is 11.8 Å². The molecule has 38 heavy (non-hydrogen) atoms. The van der Waals surface area contributed by atoms with E-state index in [4.69, 9.17) is 22.1 Å². The maximum absolute atomic E-state index is 12.8. The smallest absolute Gasteiger partial charge is 0.433 e. The molecule has 0 radical (unpaired) electrons. The van der Waals surface area contributed by atoms with Crippen molar-refractivity contribution in [2.75, 3.05) is 5.73 Å². The van der Waals surface area contributed by atoms with E-state index in [0.717, 1.165) is 42.0 Å². The van der Waals surface area contributed by atoms with E-state index in [1.54, 1.807) is 30.6 Å². The average molecular weight is 531 g/mol. The van der Waals surface area contributed by atoms with E-state index in [1.807, 2.05) is 45.0 Å². The van der Waals surface area contributed by atoms with Crippen molar-refractivity contribution in [3.05, 3.63) is 70.4 Å². The van der Waals surface area contributed by atoms with E-state index in [0.29, 0.717) is 22.0 Å². The number of nitrogen functional groups attached to an aromatic ring is 1. The summed E-state index contributed by atoms with van der Waals surface area (Å²) in [5, 5.41) is 5.47. The summed E-state index contributed by atoms with van der Waals surface area (Å²) < 4.78 is 5.21. The first-order valence-electron chi connectivity index (χ1n) is 12.6. The Balaban J connectivity index is 1.33. The van der Waals surface area contributed by atoms with Crippen LogP contribution in [-0.4, -0.2) is 34.8 Å². The Labute approximate surface area is 227 Å². The lowest BCUT2D eigenvalue weighted by Gasteiger charge is -2.27. The molecule has 3 aromatic rings. The lowest BCUT2D eigenvalue weighted by Crippen LogP contribution is -2.37. The van der Waals surface area contributed by atoms with Crippen molar-refractivity contribution in [1.82, 2.24) is 10.3 Å². The number of nitrogens with zero attached hydrogens (tertiary/aromatic N) is 2. The molecule has 0 saturated heterocycles. The number of aromatic nitrogens is 1. The summed E-state index contributed by atoms with van der Waals surface area (Å²) in [5.41, 5.74) is 7.47. The Kier molecular flexibility index (Phi) is 8.33. The van der Waals surface area contributed by atoms with Crippen LogP contribution in [0.4, 0.5) is 10.6 Å². The fraction of sp³-hybridized carbons (Fsp3) is 0.333. The van der Waals surface area contributed by atoms with E-state index >= 15 is 0 Å². The van der Waals surface area contributed by atoms with E-state index in [-0.39, 0.29) is 17.9 Å². The zero-order chi connectivity index (χ0) is 27.3. The van der Waals surface area contributed by atoms with Crippen LogP contribution in [0.15, 0.2) is 53.7 Å². The van der Waals surface area contributed by atoms with Crippen molar-refractivity contribution in [1.29, 1.82) is 0 Å². The second-order valence-electron chi connectivity index (χ2n) is 10.4. The van der Waals surface area contributed by atoms with Gasteiger partial charge >= 0.3 is 6.09 Å². The molecule has 0 bridgehead atoms. The van der Waals surface area contributed by atoms with Gasteiger partial charge in [0, 0.05) is 45.4 Å². The number of nitrogens with one attached hydrogen (secondary N) is 1. The standard InChI is InChI=1S/C30H31ClN4O3/c1-30(2,3)38-29(37)34-17-20-6-13-24(14-7-20)35-28(36)21-9-4-19(5-10-21)8-15-25-26-16-23(31)12-11-22(26)18-33-27(25)32/h4-5,9-12,16-18,20,24H,6-7,13-14H2,1-3H3,(H2,32,33)(H,35,36)/b34-17+. The molecule has 1 fully saturated rings. The maximum Gasteiger partial charge on any atom is 0.433 e. The number of carbonyl (C=O) groups is 2. The summed E-state index contributed by atoms with van der Waals surface area (Å²) >= 11 is 6.16. The number of benzene rings is 2. The van der Waals surface area contributed by atoms with Gasteiger partial charge in [-0.05, 0) is 88.8 Å². The molecule has 196 valence electrons. The summed E-state index contributed by atoms with van der Waals surface area (Å²) in [4.78, 5) is 32.7. The second-order valence-corrected chi connectivity index (χ2v) is 10.9. The van der Waals surface area contributed by atoms with Gasteiger partial charge in [-0.3, -0.25) is 4.79 Å². The number of carbonyl (C=O) groups excluding carboxylic acids is 2. The zero-order valence-corrected chi connectivity index (χ0v) is 22.5. The SMILES string of the molecule is CC(C)(C)OC(=O)/N=C/C1CCC(NC(=O)c2ccc(C#Cc3c(N)ncc4ccc(Cl)cc34)cc2)CC1. The monoisotopic (exact) mass is 530 g/mol. The Morgan fingerprint density at radius 1 is 1.11 bits per heavy atom. The summed E-state index contributed by atoms with van der Waals surface area (Å²) in [5.74, 6) is 6.65. The third kappa shape index (κ3) is 7.33. The van der Waals surface area contributed by atoms with Crippen LogP contribution in [-0.2, 0) is 4.74 Å². The number of nitrogens with two attached hydrogens (primary N) is 1. The van der Waals surface area contributed by atoms with Gasteiger partial charge < -0.3 is 15.8 Å². The largest absolute Gasteiger partial charge is 0.442 e. The van der Waals surface area contributed by atoms with Crippen LogP contribution in [0.3, 0.4) is 0 Å². The van der Waals surface area contributed by atoms with Crippen LogP contribution in [0.5, 0.6) is 0 Å². The quantitative estimate of drug-likeness (QED) is 0.311. The molecular formula is C30H31ClN4O3. The van der Waals surface area contributed by atoms with Crippen molar-refractivity contribution in [2.45, 2.75) is 58.1 Å². The first-order chi connectivity index (χ1) is 18.1. The van der Waals surface area contributed by atoms with E-state index in [1.165, 1.54) is 0 Å². The number of aliphatic imine (C=N–C) groups is 1. The number of rotatable bonds is 3. The van der Waals surface area contributed by atoms with Crippen LogP contribution < -0.4 is 11.1 Å². The Hall–Kier alpha value is -3.89. The predicted octanol–water partition coefficient (Wildman–Crippen LogP) is 6.16. The Morgan fingerprint density at radius 3 is 2.50 bits per heavy atom. The van der Waals surface area contributed by atoms with E-state index in [2.05, 4.69) is 27.1 Å². The number of hydrogen-bond donors (Lipinski definition) is 2. The first-order valence-corrected chi connectivity index (χ1v) is 13.0. The lowest BCUT2D eigenvalue weighted by molar-refractivity contribution is 0.0604. The zero-order valence-electron chi connectivity index (χ0n) is 21.8. The van der Waals surface area contributed by atoms with Crippen molar-refractivity contribution < 1.29 is 14.3 Å². The Morgan fingerprint density at radius 2 is 1.82 bits per heavy atom. The molecule has 0 spiro atoms. The molecule has 0 unspecified atom stereocenters. The number of anilines is 1. The van der Waals surface area contributed by atoms with Crippen LogP contribution in [0, 0.1) is 17.8 Å². The molecule has 0 aliphatic heterocycles. The minimum atomic E-state index is -0.567. The number of fused-ring (bicyclic) bond motifs is 1. The highest BCUT2D eigenvalue weighted by atomic mass is 35.5. The molecule has 1 aliphatic rings. The molecule has 8 heteroatoms. The highest BCUT2D eigenvalue weighted by Crippen LogP contribution is 2.25. The number of amides is 2. The van der Waals surface area contributed by atoms with Gasteiger partial charge in [-0.2, -0.15) is 4.99 Å². The number of ether oxygens (including phenoxy) is 1. The third-order valence-corrected chi connectivity index (χ3v) is 6.49. The number of pyridine rings is 1. The Bertz CT molecular complexity index is 1420. The summed E-state index contributed by atoms with van der Waals surface area (Å²) in [6.07, 6.45) is 6.16. The molecule has 3 N–H and O–H groups in total. The lowest BCUT2D eigenvalue weighted by atomic mass is 9.86. The molecule has 7 nitrogen and oxygen atoms in total. The molecule has 1 saturated carbocycles. The molecule has 2 aromatic carbocycles. The molecule has 2 amide bonds. The minimum absolute atomic E-state index is 0.0850. The molecule has 4 rings (SSSR count). The van der Waals surface area contributed by atoms with Crippen molar-refractivity contribution in [2.24, 2.45) is 10.9 Å². The van der Waals surface area contributed by atoms with Gasteiger partial charge in [0.2, 0.25) is 0 Å². The van der Waals surface area contributed by atoms with E-state index in [9.17, 15) is 9.59 Å². The fourth-order valence-electron chi connectivity index (χ4n) is 4.31. The second kappa shape index (κ2) is 11.7. The first kappa shape index (κ1) is 27.2. The average Bonchev–Trinajstić information content (AvgIpc) is 2.87. The molecule has 1 aliphatic carbocycles. The van der Waals surface area contributed by atoms with Gasteiger partial charge in [-0.15, -0.1) is 0 Å². The van der Waals surface area contributed by atoms with Crippen LogP contribution in [0.25, 0.3) is 10.8 Å². The van der Waals surface area contributed by atoms with Gasteiger partial charge in [0.05, 0.1) is 5.56 Å². The molecule has 1 aromatic heterocycles. The summed E-state index contributed by atoms with van der Waals surface area (Å²) in [6.45, 7) is 5.44. The number of hydrogen-bond acceptors (Lipinski definition) is 5. The van der Waals surface area contributed by atoms with Gasteiger partial charge in [-0.1, -0.05) is 29.5 Å². The van der Waals surface area contributed by atoms with Crippen LogP contribution >= 0.6 is 11.6 Å². The van der Waals surface area contributed by atoms with Gasteiger partial charge in [0.15, 0.2) is 0 Å². The molecular weight excluding hydrogens is 500 g/mol. The van der Waals surface area contributed by atoms with E-state index < -0.39 is 11.7 Å². The fourth-order valence-corrected chi connectivity index (χ4v) is 4.48. The van der Waals surface area contributed by atoms with Crippen molar-refractivity contribution in [3.63, 3.8) is 0 Å². The summed E-state index contributed by atoms with van der Waals surface area (Å²) in [6, 6.07) is 12.7. The predicted molar refractivity (Wildman–Crippen MR) is 152 cm³/mol. The normalized spacial score (nSPS) is 17.6. The summed E-state index contributed by atoms with van der Waals surface area (Å²) in [7, 11) is 0. The third-order valence-electron chi connectivity index (χ3n) is 6.25. The van der Waals surface area contributed by atoms with Gasteiger partial charge in [0.1, 0.15) is 11.4 Å². The van der Waals surface area contributed by atoms with Crippen molar-refractivity contribution >= 4 is 46.4 Å². The van der Waals surface area contributed by atoms with Crippen LogP contribution in [0.1, 0.15) is 67.9 Å². The number of halogens is 1. The highest BCUT2D eigenvalue weighted by molar-refractivity contribution is 6.31. The molecule has 1 heterocycles. The minimum Gasteiger partial charge on any atom is -0.442 e. The highest BCUT2D eigenvalue weighted by Gasteiger charge is 2.22.